The Morgan fingerprint density at radius 2 is 1.55 bits per heavy atom. The molecule has 0 bridgehead atoms. The molecule has 0 aliphatic carbocycles. The molecule has 2 aromatic rings. The van der Waals surface area contributed by atoms with Crippen molar-refractivity contribution in [3.63, 3.8) is 0 Å². The number of ether oxygens (including phenoxy) is 2. The molecule has 0 heterocycles. The molecule has 0 aliphatic heterocycles. The van der Waals surface area contributed by atoms with Crippen LogP contribution in [0.3, 0.4) is 0 Å². The van der Waals surface area contributed by atoms with Gasteiger partial charge >= 0.3 is 24.1 Å². The number of carboxylic acids is 2. The van der Waals surface area contributed by atoms with Gasteiger partial charge in [-0.15, -0.1) is 0 Å². The molecule has 15 nitrogen and oxygen atoms in total. The van der Waals surface area contributed by atoms with Crippen molar-refractivity contribution in [3.05, 3.63) is 70.3 Å². The number of carboxylic acid groups (broad SMARTS) is 2. The molecule has 0 fully saturated rings. The first-order valence-electron chi connectivity index (χ1n) is 14.1. The predicted molar refractivity (Wildman–Crippen MR) is 168 cm³/mol. The summed E-state index contributed by atoms with van der Waals surface area (Å²) in [6.07, 6.45) is -4.47. The number of nitrogen functional groups attached to an aromatic ring is 1. The van der Waals surface area contributed by atoms with Gasteiger partial charge in [-0.1, -0.05) is 12.1 Å². The summed E-state index contributed by atoms with van der Waals surface area (Å²) in [5.74, 6) is -6.10. The minimum absolute atomic E-state index is 0.105. The van der Waals surface area contributed by atoms with Crippen LogP contribution in [0.5, 0.6) is 5.75 Å². The number of halogens is 3. The van der Waals surface area contributed by atoms with Gasteiger partial charge in [-0.3, -0.25) is 24.6 Å². The predicted octanol–water partition coefficient (Wildman–Crippen LogP) is 2.04. The minimum Gasteiger partial charge on any atom is -0.491 e. The zero-order valence-electron chi connectivity index (χ0n) is 26.8. The van der Waals surface area contributed by atoms with Crippen LogP contribution in [0.25, 0.3) is 6.08 Å². The zero-order valence-corrected chi connectivity index (χ0v) is 26.8. The highest BCUT2D eigenvalue weighted by Gasteiger charge is 2.38. The first kappa shape index (κ1) is 41.1. The van der Waals surface area contributed by atoms with E-state index in [0.717, 1.165) is 0 Å². The Morgan fingerprint density at radius 1 is 1.00 bits per heavy atom. The van der Waals surface area contributed by atoms with Gasteiger partial charge in [0.2, 0.25) is 5.91 Å². The summed E-state index contributed by atoms with van der Waals surface area (Å²) in [6, 6.07) is 9.48. The molecule has 0 aliphatic rings. The smallest absolute Gasteiger partial charge is 0.490 e. The summed E-state index contributed by atoms with van der Waals surface area (Å²) in [4.78, 5) is 71.4. The second-order valence-electron chi connectivity index (χ2n) is 10.1. The van der Waals surface area contributed by atoms with Crippen LogP contribution < -0.4 is 21.1 Å². The molecule has 0 unspecified atom stereocenters. The van der Waals surface area contributed by atoms with Gasteiger partial charge in [0.1, 0.15) is 18.2 Å². The fourth-order valence-corrected chi connectivity index (χ4v) is 3.64. The Kier molecular flexibility index (Phi) is 15.9. The van der Waals surface area contributed by atoms with Crippen LogP contribution in [0.2, 0.25) is 0 Å². The van der Waals surface area contributed by atoms with E-state index >= 15 is 0 Å². The van der Waals surface area contributed by atoms with E-state index in [-0.39, 0.29) is 59.4 Å². The van der Waals surface area contributed by atoms with Crippen LogP contribution in [0.15, 0.2) is 48.0 Å². The molecule has 7 N–H and O–H groups in total. The number of carbonyl (C=O) groups excluding carboxylic acids is 4. The van der Waals surface area contributed by atoms with Gasteiger partial charge in [0.15, 0.2) is 0 Å². The Balaban J connectivity index is 0.00000154. The summed E-state index contributed by atoms with van der Waals surface area (Å²) in [5.41, 5.74) is 6.58. The lowest BCUT2D eigenvalue weighted by Gasteiger charge is -2.20. The molecule has 0 spiro atoms. The van der Waals surface area contributed by atoms with Crippen LogP contribution in [0, 0.1) is 5.41 Å². The van der Waals surface area contributed by atoms with E-state index in [0.29, 0.717) is 5.56 Å². The third-order valence-electron chi connectivity index (χ3n) is 6.10. The molecule has 2 aromatic carbocycles. The number of hydrogen-bond donors (Lipinski definition) is 6. The van der Waals surface area contributed by atoms with Crippen molar-refractivity contribution in [2.75, 3.05) is 34.4 Å². The first-order chi connectivity index (χ1) is 22.8. The number of alkyl halides is 3. The van der Waals surface area contributed by atoms with Gasteiger partial charge in [0, 0.05) is 49.0 Å². The third-order valence-corrected chi connectivity index (χ3v) is 6.10. The van der Waals surface area contributed by atoms with Gasteiger partial charge < -0.3 is 41.0 Å². The Labute approximate surface area is 278 Å². The van der Waals surface area contributed by atoms with E-state index in [4.69, 9.17) is 30.5 Å². The van der Waals surface area contributed by atoms with Crippen molar-refractivity contribution in [1.29, 1.82) is 5.41 Å². The summed E-state index contributed by atoms with van der Waals surface area (Å²) in [6.45, 7) is 1.52. The molecule has 18 heteroatoms. The lowest BCUT2D eigenvalue weighted by Crippen LogP contribution is -2.41. The van der Waals surface area contributed by atoms with E-state index in [1.54, 1.807) is 21.0 Å². The maximum absolute atomic E-state index is 13.0. The fraction of sp³-hybridized carbons (Fsp3) is 0.323. The van der Waals surface area contributed by atoms with E-state index in [9.17, 15) is 42.3 Å². The monoisotopic (exact) mass is 695 g/mol. The van der Waals surface area contributed by atoms with E-state index < -0.39 is 48.4 Å². The molecule has 0 saturated carbocycles. The molecule has 0 saturated heterocycles. The Bertz CT molecular complexity index is 1570. The van der Waals surface area contributed by atoms with E-state index in [1.165, 1.54) is 60.5 Å². The standard InChI is InChI=1S/C29H35N5O8.C2HF3O2/c1-5-41-25(36)15-22(33-27(37)17-6-8-18(9-7-17)28(38)34(3)4)16-42-23-13-20(26(30)31)11-10-19(23)12-21(29(39)40)14-24(35)32-2;3-2(4,5)1(6)7/h6-13,22H,5,14-16H2,1-4H3,(H3,30,31)(H,32,35)(H,33,37)(H,39,40);(H,6,7)/t22-;/m1./s1. The van der Waals surface area contributed by atoms with Gasteiger partial charge in [0.05, 0.1) is 25.5 Å². The van der Waals surface area contributed by atoms with Crippen LogP contribution in [-0.4, -0.2) is 103 Å². The van der Waals surface area contributed by atoms with Crippen molar-refractivity contribution in [3.8, 4) is 5.75 Å². The number of amidine groups is 1. The number of benzene rings is 2. The first-order valence-corrected chi connectivity index (χ1v) is 14.1. The maximum atomic E-state index is 13.0. The normalized spacial score (nSPS) is 11.5. The number of nitrogens with zero attached hydrogens (tertiary/aromatic N) is 1. The third kappa shape index (κ3) is 14.2. The van der Waals surface area contributed by atoms with Crippen molar-refractivity contribution in [1.82, 2.24) is 15.5 Å². The summed E-state index contributed by atoms with van der Waals surface area (Å²) in [5, 5.41) is 29.6. The van der Waals surface area contributed by atoms with Gasteiger partial charge in [-0.05, 0) is 43.3 Å². The number of hydrogen-bond acceptors (Lipinski definition) is 9. The van der Waals surface area contributed by atoms with Crippen LogP contribution in [-0.2, 0) is 23.9 Å². The van der Waals surface area contributed by atoms with Crippen LogP contribution >= 0.6 is 0 Å². The topological polar surface area (TPSA) is 239 Å². The lowest BCUT2D eigenvalue weighted by atomic mass is 10.0. The largest absolute Gasteiger partial charge is 0.491 e. The number of aliphatic carboxylic acids is 2. The average molecular weight is 696 g/mol. The summed E-state index contributed by atoms with van der Waals surface area (Å²) in [7, 11) is 4.61. The van der Waals surface area contributed by atoms with Crippen LogP contribution in [0.4, 0.5) is 13.2 Å². The quantitative estimate of drug-likeness (QED) is 0.0724. The molecule has 2 rings (SSSR count). The summed E-state index contributed by atoms with van der Waals surface area (Å²) < 4.78 is 42.7. The number of amides is 3. The molecule has 1 atom stereocenters. The number of carbonyl (C=O) groups is 6. The molecule has 266 valence electrons. The second-order valence-corrected chi connectivity index (χ2v) is 10.1. The molecule has 3 amide bonds. The Hall–Kier alpha value is -5.94. The van der Waals surface area contributed by atoms with Crippen molar-refractivity contribution in [2.24, 2.45) is 5.73 Å². The number of nitrogens with two attached hydrogens (primary N) is 1. The second kappa shape index (κ2) is 19.0. The average Bonchev–Trinajstić information content (AvgIpc) is 3.02. The number of esters is 1. The van der Waals surface area contributed by atoms with Gasteiger partial charge in [-0.25, -0.2) is 9.59 Å². The highest BCUT2D eigenvalue weighted by molar-refractivity contribution is 6.00. The fourth-order valence-electron chi connectivity index (χ4n) is 3.64. The zero-order chi connectivity index (χ0) is 37.5. The highest BCUT2D eigenvalue weighted by Crippen LogP contribution is 2.25. The maximum Gasteiger partial charge on any atom is 0.490 e. The lowest BCUT2D eigenvalue weighted by molar-refractivity contribution is -0.192. The number of nitrogens with one attached hydrogen (secondary N) is 3. The van der Waals surface area contributed by atoms with Gasteiger partial charge in [0.25, 0.3) is 11.8 Å². The van der Waals surface area contributed by atoms with E-state index in [1.807, 2.05) is 0 Å². The van der Waals surface area contributed by atoms with Crippen molar-refractivity contribution < 1.29 is 61.6 Å². The molecule has 0 aromatic heterocycles. The van der Waals surface area contributed by atoms with E-state index in [2.05, 4.69) is 10.6 Å². The van der Waals surface area contributed by atoms with Crippen LogP contribution in [0.1, 0.15) is 51.6 Å². The minimum atomic E-state index is -5.08. The molecule has 0 radical (unpaired) electrons. The molecular weight excluding hydrogens is 659 g/mol. The number of rotatable bonds is 14. The van der Waals surface area contributed by atoms with Crippen molar-refractivity contribution in [2.45, 2.75) is 32.0 Å². The molecule has 49 heavy (non-hydrogen) atoms. The SMILES string of the molecule is CCOC(=O)C[C@H](COc1cc(C(=N)N)ccc1C=C(CC(=O)NC)C(=O)O)NC(=O)c1ccc(C(=O)N(C)C)cc1.O=C(O)C(F)(F)F. The summed E-state index contributed by atoms with van der Waals surface area (Å²) >= 11 is 0. The Morgan fingerprint density at radius 3 is 2.02 bits per heavy atom. The van der Waals surface area contributed by atoms with Gasteiger partial charge in [-0.2, -0.15) is 13.2 Å². The van der Waals surface area contributed by atoms with Crippen molar-refractivity contribution >= 4 is 47.5 Å². The highest BCUT2D eigenvalue weighted by atomic mass is 19.4. The molecular formula is C31H36F3N5O10.